The zero-order chi connectivity index (χ0) is 21.6. The maximum atomic E-state index is 13.0. The van der Waals surface area contributed by atoms with Crippen molar-refractivity contribution in [2.24, 2.45) is 7.05 Å². The van der Waals surface area contributed by atoms with Crippen molar-refractivity contribution in [1.29, 1.82) is 0 Å². The number of aliphatic hydroxyl groups is 1. The Labute approximate surface area is 171 Å². The zero-order valence-corrected chi connectivity index (χ0v) is 16.7. The largest absolute Gasteiger partial charge is 0.507 e. The predicted molar refractivity (Wildman–Crippen MR) is 107 cm³/mol. The van der Waals surface area contributed by atoms with E-state index in [1.54, 1.807) is 11.6 Å². The standard InChI is InChI=1S/C21H23F3N4O2/c1-11-8-12(21(22,23)24)9-16(30)18(11)20-27-19-15(28(20)2)6-7-17(26-19)25-13-4-3-5-14(29)10-13/h6-9,13-14,29-30H,3-5,10H2,1-2H3,(H,25,26). The van der Waals surface area contributed by atoms with Crippen LogP contribution < -0.4 is 5.32 Å². The first kappa shape index (κ1) is 20.5. The molecule has 6 nitrogen and oxygen atoms in total. The van der Waals surface area contributed by atoms with Gasteiger partial charge in [-0.3, -0.25) is 0 Å². The van der Waals surface area contributed by atoms with E-state index in [0.29, 0.717) is 29.2 Å². The van der Waals surface area contributed by atoms with Crippen LogP contribution in [-0.4, -0.2) is 36.9 Å². The summed E-state index contributed by atoms with van der Waals surface area (Å²) in [5.74, 6) is 0.487. The molecule has 1 saturated carbocycles. The van der Waals surface area contributed by atoms with Crippen LogP contribution in [0.1, 0.15) is 36.8 Å². The molecule has 1 fully saturated rings. The number of phenolic OH excluding ortho intramolecular Hbond substituents is 1. The van der Waals surface area contributed by atoms with Crippen LogP contribution in [0.3, 0.4) is 0 Å². The number of aromatic nitrogens is 3. The molecule has 0 aliphatic heterocycles. The van der Waals surface area contributed by atoms with E-state index in [0.717, 1.165) is 31.4 Å². The Morgan fingerprint density at radius 3 is 2.60 bits per heavy atom. The topological polar surface area (TPSA) is 83.2 Å². The number of hydrogen-bond acceptors (Lipinski definition) is 5. The SMILES string of the molecule is Cc1cc(C(F)(F)F)cc(O)c1-c1nc2nc(NC3CCCC(O)C3)ccc2n1C. The maximum absolute atomic E-state index is 13.0. The van der Waals surface area contributed by atoms with Gasteiger partial charge in [-0.25, -0.2) is 9.97 Å². The number of hydrogen-bond donors (Lipinski definition) is 3. The Kier molecular flexibility index (Phi) is 5.09. The van der Waals surface area contributed by atoms with Gasteiger partial charge in [0.1, 0.15) is 17.4 Å². The molecule has 2 atom stereocenters. The molecule has 9 heteroatoms. The summed E-state index contributed by atoms with van der Waals surface area (Å²) in [7, 11) is 1.73. The number of fused-ring (bicyclic) bond motifs is 1. The smallest absolute Gasteiger partial charge is 0.416 e. The van der Waals surface area contributed by atoms with Gasteiger partial charge in [0.25, 0.3) is 0 Å². The quantitative estimate of drug-likeness (QED) is 0.586. The Hall–Kier alpha value is -2.81. The minimum Gasteiger partial charge on any atom is -0.507 e. The van der Waals surface area contributed by atoms with E-state index in [2.05, 4.69) is 15.3 Å². The Bertz CT molecular complexity index is 1070. The van der Waals surface area contributed by atoms with Gasteiger partial charge >= 0.3 is 6.18 Å². The number of imidazole rings is 1. The molecule has 3 aromatic rings. The third-order valence-corrected chi connectivity index (χ3v) is 5.61. The fourth-order valence-electron chi connectivity index (χ4n) is 4.11. The van der Waals surface area contributed by atoms with Crippen LogP contribution in [0.4, 0.5) is 19.0 Å². The number of aryl methyl sites for hydroxylation is 2. The Morgan fingerprint density at radius 1 is 1.17 bits per heavy atom. The van der Waals surface area contributed by atoms with Crippen LogP contribution in [0.5, 0.6) is 5.75 Å². The lowest BCUT2D eigenvalue weighted by molar-refractivity contribution is -0.137. The molecule has 0 radical (unpaired) electrons. The summed E-state index contributed by atoms with van der Waals surface area (Å²) in [6, 6.07) is 5.49. The van der Waals surface area contributed by atoms with E-state index in [4.69, 9.17) is 0 Å². The minimum atomic E-state index is -4.54. The van der Waals surface area contributed by atoms with Crippen molar-refractivity contribution in [3.8, 4) is 17.1 Å². The van der Waals surface area contributed by atoms with Gasteiger partial charge in [-0.15, -0.1) is 0 Å². The zero-order valence-electron chi connectivity index (χ0n) is 16.7. The minimum absolute atomic E-state index is 0.128. The Balaban J connectivity index is 1.70. The molecule has 2 aromatic heterocycles. The molecule has 1 aliphatic rings. The fourth-order valence-corrected chi connectivity index (χ4v) is 4.11. The second-order valence-electron chi connectivity index (χ2n) is 7.88. The number of phenols is 1. The van der Waals surface area contributed by atoms with Crippen molar-refractivity contribution in [3.05, 3.63) is 35.4 Å². The number of benzene rings is 1. The van der Waals surface area contributed by atoms with E-state index in [9.17, 15) is 23.4 Å². The first-order valence-electron chi connectivity index (χ1n) is 9.82. The average Bonchev–Trinajstić information content (AvgIpc) is 2.96. The van der Waals surface area contributed by atoms with Crippen LogP contribution >= 0.6 is 0 Å². The summed E-state index contributed by atoms with van der Waals surface area (Å²) in [5.41, 5.74) is 0.730. The second kappa shape index (κ2) is 7.46. The normalized spacial score (nSPS) is 19.9. The summed E-state index contributed by atoms with van der Waals surface area (Å²) in [4.78, 5) is 9.02. The fraction of sp³-hybridized carbons (Fsp3) is 0.429. The summed E-state index contributed by atoms with van der Waals surface area (Å²) >= 11 is 0. The van der Waals surface area contributed by atoms with Gasteiger partial charge in [-0.1, -0.05) is 0 Å². The third-order valence-electron chi connectivity index (χ3n) is 5.61. The monoisotopic (exact) mass is 420 g/mol. The van der Waals surface area contributed by atoms with E-state index in [1.807, 2.05) is 12.1 Å². The molecule has 0 saturated heterocycles. The lowest BCUT2D eigenvalue weighted by atomic mass is 9.93. The molecule has 3 N–H and O–H groups in total. The molecule has 30 heavy (non-hydrogen) atoms. The highest BCUT2D eigenvalue weighted by molar-refractivity contribution is 5.81. The van der Waals surface area contributed by atoms with E-state index < -0.39 is 17.5 Å². The van der Waals surface area contributed by atoms with Crippen LogP contribution in [-0.2, 0) is 13.2 Å². The summed E-state index contributed by atoms with van der Waals surface area (Å²) < 4.78 is 40.8. The molecule has 0 amide bonds. The van der Waals surface area contributed by atoms with Gasteiger partial charge in [0, 0.05) is 13.1 Å². The molecule has 2 unspecified atom stereocenters. The first-order chi connectivity index (χ1) is 14.1. The highest BCUT2D eigenvalue weighted by Crippen LogP contribution is 2.39. The number of aliphatic hydroxyl groups excluding tert-OH is 1. The number of alkyl halides is 3. The number of anilines is 1. The summed E-state index contributed by atoms with van der Waals surface area (Å²) in [6.07, 6.45) is -1.49. The molecule has 4 rings (SSSR count). The van der Waals surface area contributed by atoms with Crippen molar-refractivity contribution < 1.29 is 23.4 Å². The van der Waals surface area contributed by atoms with Crippen LogP contribution in [0.2, 0.25) is 0 Å². The van der Waals surface area contributed by atoms with Crippen molar-refractivity contribution in [3.63, 3.8) is 0 Å². The average molecular weight is 420 g/mol. The van der Waals surface area contributed by atoms with Gasteiger partial charge in [-0.05, 0) is 62.4 Å². The van der Waals surface area contributed by atoms with Crippen molar-refractivity contribution in [1.82, 2.24) is 14.5 Å². The lowest BCUT2D eigenvalue weighted by Gasteiger charge is -2.26. The van der Waals surface area contributed by atoms with Crippen LogP contribution in [0.15, 0.2) is 24.3 Å². The number of rotatable bonds is 3. The van der Waals surface area contributed by atoms with Gasteiger partial charge in [0.15, 0.2) is 5.65 Å². The molecule has 160 valence electrons. The molecular formula is C21H23F3N4O2. The lowest BCUT2D eigenvalue weighted by Crippen LogP contribution is -2.30. The van der Waals surface area contributed by atoms with Crippen LogP contribution in [0, 0.1) is 6.92 Å². The van der Waals surface area contributed by atoms with Gasteiger partial charge < -0.3 is 20.1 Å². The molecule has 0 bridgehead atoms. The van der Waals surface area contributed by atoms with Gasteiger partial charge in [0.2, 0.25) is 0 Å². The van der Waals surface area contributed by atoms with E-state index in [-0.39, 0.29) is 23.3 Å². The van der Waals surface area contributed by atoms with E-state index >= 15 is 0 Å². The highest BCUT2D eigenvalue weighted by atomic mass is 19.4. The van der Waals surface area contributed by atoms with Gasteiger partial charge in [-0.2, -0.15) is 13.2 Å². The van der Waals surface area contributed by atoms with Crippen LogP contribution in [0.25, 0.3) is 22.6 Å². The molecule has 1 aromatic carbocycles. The summed E-state index contributed by atoms with van der Waals surface area (Å²) in [6.45, 7) is 1.51. The predicted octanol–water partition coefficient (Wildman–Crippen LogP) is 4.38. The third kappa shape index (κ3) is 3.81. The van der Waals surface area contributed by atoms with Crippen molar-refractivity contribution >= 4 is 17.0 Å². The first-order valence-corrected chi connectivity index (χ1v) is 9.82. The number of pyridine rings is 1. The number of nitrogens with one attached hydrogen (secondary N) is 1. The summed E-state index contributed by atoms with van der Waals surface area (Å²) in [5, 5.41) is 23.5. The Morgan fingerprint density at radius 2 is 1.93 bits per heavy atom. The second-order valence-corrected chi connectivity index (χ2v) is 7.88. The molecule has 1 aliphatic carbocycles. The van der Waals surface area contributed by atoms with Crippen molar-refractivity contribution in [2.45, 2.75) is 50.9 Å². The number of halogens is 3. The van der Waals surface area contributed by atoms with Gasteiger partial charge in [0.05, 0.1) is 22.7 Å². The van der Waals surface area contributed by atoms with Crippen molar-refractivity contribution in [2.75, 3.05) is 5.32 Å². The number of nitrogens with zero attached hydrogens (tertiary/aromatic N) is 3. The number of aromatic hydroxyl groups is 1. The maximum Gasteiger partial charge on any atom is 0.416 e. The molecular weight excluding hydrogens is 397 g/mol. The molecule has 0 spiro atoms. The van der Waals surface area contributed by atoms with E-state index in [1.165, 1.54) is 6.92 Å². The molecule has 2 heterocycles. The highest BCUT2D eigenvalue weighted by Gasteiger charge is 2.32.